The van der Waals surface area contributed by atoms with Crippen LogP contribution in [0.1, 0.15) is 40.6 Å². The summed E-state index contributed by atoms with van der Waals surface area (Å²) in [5.74, 6) is 0.0471. The van der Waals surface area contributed by atoms with Gasteiger partial charge in [-0.3, -0.25) is 9.59 Å². The summed E-state index contributed by atoms with van der Waals surface area (Å²) in [6.07, 6.45) is 2.16. The lowest BCUT2D eigenvalue weighted by Gasteiger charge is -2.40. The van der Waals surface area contributed by atoms with E-state index in [0.717, 1.165) is 49.9 Å². The first-order valence-electron chi connectivity index (χ1n) is 8.58. The number of piperidine rings is 1. The van der Waals surface area contributed by atoms with Crippen molar-refractivity contribution in [2.24, 2.45) is 5.41 Å². The van der Waals surface area contributed by atoms with Gasteiger partial charge in [0, 0.05) is 35.0 Å². The number of hydrogen-bond donors (Lipinski definition) is 1. The molecule has 0 aliphatic carbocycles. The minimum absolute atomic E-state index is 0.00798. The maximum Gasteiger partial charge on any atom is 0.267 e. The van der Waals surface area contributed by atoms with Crippen LogP contribution in [0.15, 0.2) is 24.3 Å². The predicted octanol–water partition coefficient (Wildman–Crippen LogP) is 2.30. The summed E-state index contributed by atoms with van der Waals surface area (Å²) < 4.78 is 2.13. The number of amides is 1. The molecule has 0 atom stereocenters. The fourth-order valence-electron chi connectivity index (χ4n) is 4.01. The molecule has 5 heteroatoms. The van der Waals surface area contributed by atoms with E-state index in [-0.39, 0.29) is 17.1 Å². The number of carbonyl (C=O) groups excluding carboxylic acids is 2. The number of aromatic nitrogens is 1. The lowest BCUT2D eigenvalue weighted by molar-refractivity contribution is 0.0881. The number of hydrogen-bond acceptors (Lipinski definition) is 3. The van der Waals surface area contributed by atoms with E-state index < -0.39 is 0 Å². The quantitative estimate of drug-likeness (QED) is 0.819. The zero-order valence-electron chi connectivity index (χ0n) is 14.3. The smallest absolute Gasteiger partial charge is 0.267 e. The Kier molecular flexibility index (Phi) is 3.49. The molecular weight excluding hydrogens is 302 g/mol. The normalized spacial score (nSPS) is 20.7. The van der Waals surface area contributed by atoms with Gasteiger partial charge >= 0.3 is 0 Å². The van der Waals surface area contributed by atoms with E-state index >= 15 is 0 Å². The summed E-state index contributed by atoms with van der Waals surface area (Å²) in [5, 5.41) is 4.15. The van der Waals surface area contributed by atoms with Crippen molar-refractivity contribution in [1.82, 2.24) is 14.8 Å². The number of nitrogens with zero attached hydrogens (tertiary/aromatic N) is 2. The highest BCUT2D eigenvalue weighted by Crippen LogP contribution is 2.36. The van der Waals surface area contributed by atoms with Crippen molar-refractivity contribution >= 4 is 22.6 Å². The number of fused-ring (bicyclic) bond motifs is 3. The zero-order chi connectivity index (χ0) is 16.9. The first-order chi connectivity index (χ1) is 11.5. The molecule has 1 amide bonds. The minimum atomic E-state index is -0.00798. The Bertz CT molecular complexity index is 828. The number of ketones is 1. The molecule has 0 radical (unpaired) electrons. The van der Waals surface area contributed by atoms with Crippen molar-refractivity contribution < 1.29 is 9.59 Å². The number of rotatable bonds is 1. The molecule has 1 N–H and O–H groups in total. The molecule has 2 aliphatic heterocycles. The van der Waals surface area contributed by atoms with Crippen LogP contribution in [0.25, 0.3) is 10.9 Å². The van der Waals surface area contributed by atoms with Crippen LogP contribution < -0.4 is 5.32 Å². The maximum atomic E-state index is 12.6. The van der Waals surface area contributed by atoms with Crippen molar-refractivity contribution in [2.45, 2.75) is 26.3 Å². The van der Waals surface area contributed by atoms with E-state index in [9.17, 15) is 9.59 Å². The summed E-state index contributed by atoms with van der Waals surface area (Å²) in [6, 6.07) is 7.67. The van der Waals surface area contributed by atoms with Crippen LogP contribution in [0.5, 0.6) is 0 Å². The van der Waals surface area contributed by atoms with Crippen molar-refractivity contribution in [1.29, 1.82) is 0 Å². The molecule has 1 saturated heterocycles. The van der Waals surface area contributed by atoms with E-state index in [0.29, 0.717) is 11.3 Å². The highest BCUT2D eigenvalue weighted by molar-refractivity contribution is 6.02. The molecular formula is C19H23N3O2. The van der Waals surface area contributed by atoms with Gasteiger partial charge in [0.15, 0.2) is 5.78 Å². The first kappa shape index (κ1) is 15.4. The lowest BCUT2D eigenvalue weighted by Crippen LogP contribution is -2.45. The predicted molar refractivity (Wildman–Crippen MR) is 93.4 cm³/mol. The highest BCUT2D eigenvalue weighted by atomic mass is 16.2. The van der Waals surface area contributed by atoms with E-state index in [4.69, 9.17) is 0 Å². The maximum absolute atomic E-state index is 12.6. The first-order valence-corrected chi connectivity index (χ1v) is 8.58. The second-order valence-corrected chi connectivity index (χ2v) is 7.43. The van der Waals surface area contributed by atoms with Gasteiger partial charge < -0.3 is 14.8 Å². The van der Waals surface area contributed by atoms with Gasteiger partial charge in [-0.2, -0.15) is 0 Å². The molecule has 0 unspecified atom stereocenters. The Labute approximate surface area is 141 Å². The molecule has 24 heavy (non-hydrogen) atoms. The Morgan fingerprint density at radius 3 is 2.67 bits per heavy atom. The van der Waals surface area contributed by atoms with Crippen LogP contribution in [0.4, 0.5) is 0 Å². The summed E-state index contributed by atoms with van der Waals surface area (Å²) >= 11 is 0. The number of nitrogens with one attached hydrogen (secondary N) is 1. The fraction of sp³-hybridized carbons (Fsp3) is 0.474. The van der Waals surface area contributed by atoms with Gasteiger partial charge in [0.1, 0.15) is 5.69 Å². The topological polar surface area (TPSA) is 54.3 Å². The van der Waals surface area contributed by atoms with Gasteiger partial charge in [-0.1, -0.05) is 12.1 Å². The molecule has 126 valence electrons. The summed E-state index contributed by atoms with van der Waals surface area (Å²) in [7, 11) is 2.15. The van der Waals surface area contributed by atoms with E-state index in [1.54, 1.807) is 6.92 Å². The monoisotopic (exact) mass is 325 g/mol. The SMILES string of the molecule is CC(=O)c1ccc2cc3n(c2c1)CC1(CCN(C)CC1)CNC3=O. The van der Waals surface area contributed by atoms with E-state index in [1.807, 2.05) is 24.3 Å². The van der Waals surface area contributed by atoms with Crippen molar-refractivity contribution in [3.63, 3.8) is 0 Å². The second-order valence-electron chi connectivity index (χ2n) is 7.43. The van der Waals surface area contributed by atoms with Gasteiger partial charge in [-0.15, -0.1) is 0 Å². The molecule has 1 aromatic carbocycles. The van der Waals surface area contributed by atoms with Crippen LogP contribution in [0.2, 0.25) is 0 Å². The molecule has 2 aliphatic rings. The van der Waals surface area contributed by atoms with Gasteiger partial charge in [0.05, 0.1) is 0 Å². The van der Waals surface area contributed by atoms with Crippen LogP contribution >= 0.6 is 0 Å². The molecule has 1 aromatic heterocycles. The third-order valence-corrected chi connectivity index (χ3v) is 5.71. The molecule has 0 bridgehead atoms. The van der Waals surface area contributed by atoms with Gasteiger partial charge in [-0.05, 0) is 52.0 Å². The molecule has 2 aromatic rings. The number of benzene rings is 1. The summed E-state index contributed by atoms with van der Waals surface area (Å²) in [4.78, 5) is 26.7. The van der Waals surface area contributed by atoms with Crippen LogP contribution in [0, 0.1) is 5.41 Å². The van der Waals surface area contributed by atoms with Crippen molar-refractivity contribution in [2.75, 3.05) is 26.7 Å². The molecule has 1 spiro atoms. The molecule has 4 rings (SSSR count). The van der Waals surface area contributed by atoms with Crippen molar-refractivity contribution in [3.8, 4) is 0 Å². The molecule has 3 heterocycles. The molecule has 1 fully saturated rings. The average molecular weight is 325 g/mol. The standard InChI is InChI=1S/C19H23N3O2/c1-13(23)14-3-4-15-10-17-18(24)20-11-19(5-7-21(2)8-6-19)12-22(17)16(15)9-14/h3-4,9-10H,5-8,11-12H2,1-2H3,(H,20,24). The lowest BCUT2D eigenvalue weighted by atomic mass is 9.78. The fourth-order valence-corrected chi connectivity index (χ4v) is 4.01. The minimum Gasteiger partial charge on any atom is -0.350 e. The largest absolute Gasteiger partial charge is 0.350 e. The van der Waals surface area contributed by atoms with Gasteiger partial charge in [0.2, 0.25) is 0 Å². The molecule has 5 nitrogen and oxygen atoms in total. The Morgan fingerprint density at radius 1 is 1.21 bits per heavy atom. The third kappa shape index (κ3) is 2.44. The highest BCUT2D eigenvalue weighted by Gasteiger charge is 2.38. The van der Waals surface area contributed by atoms with Crippen LogP contribution in [-0.4, -0.2) is 47.8 Å². The Balaban J connectivity index is 1.83. The number of Topliss-reactive ketones (excluding diaryl/α,β-unsaturated/α-hetero) is 1. The summed E-state index contributed by atoms with van der Waals surface area (Å²) in [5.41, 5.74) is 2.51. The van der Waals surface area contributed by atoms with E-state index in [1.165, 1.54) is 0 Å². The van der Waals surface area contributed by atoms with Crippen molar-refractivity contribution in [3.05, 3.63) is 35.5 Å². The van der Waals surface area contributed by atoms with Crippen LogP contribution in [0.3, 0.4) is 0 Å². The number of likely N-dealkylation sites (tertiary alicyclic amines) is 1. The average Bonchev–Trinajstić information content (AvgIpc) is 2.86. The van der Waals surface area contributed by atoms with Gasteiger partial charge in [-0.25, -0.2) is 0 Å². The Hall–Kier alpha value is -2.14. The number of carbonyl (C=O) groups is 2. The Morgan fingerprint density at radius 2 is 1.96 bits per heavy atom. The van der Waals surface area contributed by atoms with Crippen LogP contribution in [-0.2, 0) is 6.54 Å². The van der Waals surface area contributed by atoms with Gasteiger partial charge in [0.25, 0.3) is 5.91 Å². The second kappa shape index (κ2) is 5.45. The zero-order valence-corrected chi connectivity index (χ0v) is 14.3. The molecule has 0 saturated carbocycles. The summed E-state index contributed by atoms with van der Waals surface area (Å²) in [6.45, 7) is 5.26. The van der Waals surface area contributed by atoms with E-state index in [2.05, 4.69) is 21.8 Å². The third-order valence-electron chi connectivity index (χ3n) is 5.71.